The highest BCUT2D eigenvalue weighted by Gasteiger charge is 2.21. The molecule has 15 rings (SSSR count). The van der Waals surface area contributed by atoms with Gasteiger partial charge in [-0.2, -0.15) is 0 Å². The van der Waals surface area contributed by atoms with Crippen LogP contribution in [-0.2, 0) is 38.8 Å². The maximum absolute atomic E-state index is 11.3. The average molecular weight is 2210 g/mol. The lowest BCUT2D eigenvalue weighted by molar-refractivity contribution is -0.183. The normalized spacial score (nSPS) is 11.9. The molecule has 0 unspecified atom stereocenters. The Morgan fingerprint density at radius 3 is 1.18 bits per heavy atom. The zero-order valence-electron chi connectivity index (χ0n) is 84.9. The molecule has 3 fully saturated rings. The number of benzene rings is 12. The molecule has 0 radical (unpaired) electrons. The second kappa shape index (κ2) is 75.6. The molecule has 1 amide bonds. The number of nitrogens with one attached hydrogen (secondary N) is 1. The third-order valence-electron chi connectivity index (χ3n) is 20.7. The number of ether oxygens (including phenoxy) is 15. The van der Waals surface area contributed by atoms with Crippen LogP contribution in [0.3, 0.4) is 0 Å². The summed E-state index contributed by atoms with van der Waals surface area (Å²) >= 11 is 6.66. The zero-order chi connectivity index (χ0) is 107. The van der Waals surface area contributed by atoms with Crippen molar-refractivity contribution < 1.29 is 130 Å². The highest BCUT2D eigenvalue weighted by molar-refractivity contribution is 9.10. The molecule has 3 aliphatic rings. The second-order valence-electron chi connectivity index (χ2n) is 31.4. The van der Waals surface area contributed by atoms with Gasteiger partial charge in [-0.1, -0.05) is 159 Å². The first-order chi connectivity index (χ1) is 70.6. The second-order valence-corrected chi connectivity index (χ2v) is 33.2. The fourth-order valence-electron chi connectivity index (χ4n) is 12.9. The standard InChI is InChI=1S/C15H15NO3.C15H14O4.C15H14O3.C14H20N2O.C10H11BrO2.C10H10O5.C9H10O4.C7H5BrO.C7H16N2.C7H8O2.C3H8O2.2ClH/c2*1-18-14-8-7-12(9-13(14)15(16)17)19-10-11-5-3-2-4-6-11;1-17-15-8-7-14(9-13(15)10-16)18-11-12-5-3-2-4-6-12;1-12(2)15-6-8-16(9-7-15)14-5-3-4-13(10-14)11-17;11-9-4-1-3-8(7-9)10-12-5-2-6-13-10;1-13-9-4-3-8(5-7(9)6-11)15-10(12)14-2;1-11-7-3-5-8(6-4-7)13-9(10)12-2;8-7-3-1-2-6(4-7)5-9;1-7(2)9-5-3-8-4-6-9;1-9-7-4-2-6(8)3-5-7;4-2-1-3-5;;/h2-9H,10H2,1H3,(H2,16,17);2-9H,10H2,1H3,(H,16,17);2-10H,11H2,1H3;3-5,10-12H,6-9H2,1-2H3;1,3-4,7,10H,2,5-6H2;3-6H,1-2H3;3-6H,1-2H3;1-5H;7-8H,3-6H2,1-2H3;2-5,8H,1H3;4-5H,1-3H2;2*1H. The van der Waals surface area contributed by atoms with Gasteiger partial charge in [0.05, 0.1) is 86.8 Å². The monoisotopic (exact) mass is 2210 g/mol. The lowest BCUT2D eigenvalue weighted by Gasteiger charge is -2.38. The smallest absolute Gasteiger partial charge is 0.508 e. The summed E-state index contributed by atoms with van der Waals surface area (Å²) in [6.45, 7) is 21.1. The van der Waals surface area contributed by atoms with E-state index in [1.807, 2.05) is 146 Å². The van der Waals surface area contributed by atoms with Gasteiger partial charge in [-0.05, 0) is 215 Å². The van der Waals surface area contributed by atoms with Gasteiger partial charge in [0.1, 0.15) is 107 Å². The molecule has 3 aliphatic heterocycles. The van der Waals surface area contributed by atoms with Gasteiger partial charge < -0.3 is 107 Å². The summed E-state index contributed by atoms with van der Waals surface area (Å²) in [6.07, 6.45) is 2.86. The number of primary amides is 1. The first-order valence-corrected chi connectivity index (χ1v) is 47.8. The molecule has 7 N–H and O–H groups in total. The number of nitrogens with zero attached hydrogens (tertiary/aromatic N) is 3. The highest BCUT2D eigenvalue weighted by atomic mass is 79.9. The highest BCUT2D eigenvalue weighted by Crippen LogP contribution is 2.31. The van der Waals surface area contributed by atoms with E-state index >= 15 is 0 Å². The first kappa shape index (κ1) is 128. The van der Waals surface area contributed by atoms with E-state index in [1.165, 1.54) is 80.0 Å². The van der Waals surface area contributed by atoms with E-state index in [9.17, 15) is 38.4 Å². The third-order valence-corrected chi connectivity index (χ3v) is 21.6. The van der Waals surface area contributed by atoms with Crippen molar-refractivity contribution in [3.8, 4) is 69.0 Å². The summed E-state index contributed by atoms with van der Waals surface area (Å²) in [5.41, 5.74) is 13.4. The van der Waals surface area contributed by atoms with Gasteiger partial charge in [0.2, 0.25) is 0 Å². The van der Waals surface area contributed by atoms with Crippen LogP contribution in [0.4, 0.5) is 15.3 Å². The van der Waals surface area contributed by atoms with Gasteiger partial charge in [-0.15, -0.1) is 24.8 Å². The fraction of sp³-hybridized carbons (Fsp3) is 0.286. The van der Waals surface area contributed by atoms with E-state index < -0.39 is 24.2 Å². The molecule has 0 spiro atoms. The molecule has 796 valence electrons. The van der Waals surface area contributed by atoms with Gasteiger partial charge in [-0.3, -0.25) is 33.8 Å². The summed E-state index contributed by atoms with van der Waals surface area (Å²) < 4.78 is 77.7. The van der Waals surface area contributed by atoms with E-state index in [2.05, 4.69) is 95.1 Å². The number of hydrogen-bond donors (Lipinski definition) is 6. The van der Waals surface area contributed by atoms with E-state index in [4.69, 9.17) is 87.7 Å². The number of carbonyl (C=O) groups excluding carboxylic acids is 7. The number of hydrogen-bond acceptors (Lipinski definition) is 30. The first-order valence-electron chi connectivity index (χ1n) is 46.2. The van der Waals surface area contributed by atoms with Crippen molar-refractivity contribution in [2.75, 3.05) is 141 Å². The van der Waals surface area contributed by atoms with Crippen LogP contribution in [0, 0.1) is 0 Å². The maximum atomic E-state index is 11.3. The van der Waals surface area contributed by atoms with Crippen molar-refractivity contribution in [2.45, 2.75) is 78.7 Å². The number of carboxylic acids is 1. The van der Waals surface area contributed by atoms with Crippen LogP contribution in [-0.4, -0.2) is 227 Å². The van der Waals surface area contributed by atoms with Crippen molar-refractivity contribution >= 4 is 112 Å². The number of phenols is 1. The minimum absolute atomic E-state index is 0. The largest absolute Gasteiger partial charge is 0.513 e. The number of aromatic carboxylic acids is 1. The van der Waals surface area contributed by atoms with Crippen molar-refractivity contribution in [2.24, 2.45) is 5.73 Å². The zero-order valence-corrected chi connectivity index (χ0v) is 89.7. The van der Waals surface area contributed by atoms with Crippen LogP contribution in [0.25, 0.3) is 0 Å². The van der Waals surface area contributed by atoms with Crippen molar-refractivity contribution in [1.29, 1.82) is 0 Å². The van der Waals surface area contributed by atoms with Crippen molar-refractivity contribution in [1.82, 2.24) is 15.1 Å². The Hall–Kier alpha value is -14.1. The van der Waals surface area contributed by atoms with E-state index in [0.717, 1.165) is 132 Å². The molecule has 12 aromatic carbocycles. The molecule has 3 saturated heterocycles. The molecular weight excluding hydrogens is 2080 g/mol. The number of methoxy groups -OCH3 is 8. The van der Waals surface area contributed by atoms with Crippen molar-refractivity contribution in [3.05, 3.63) is 350 Å². The van der Waals surface area contributed by atoms with Crippen molar-refractivity contribution in [3.63, 3.8) is 0 Å². The van der Waals surface area contributed by atoms with Gasteiger partial charge in [0.15, 0.2) is 18.9 Å². The number of aldehydes is 4. The molecule has 3 heterocycles. The number of phenolic OH excluding ortho intramolecular Hbond substituents is 1. The van der Waals surface area contributed by atoms with Gasteiger partial charge in [-0.25, -0.2) is 14.4 Å². The van der Waals surface area contributed by atoms with Crippen LogP contribution in [0.15, 0.2) is 294 Å². The number of carbonyl (C=O) groups is 8. The number of rotatable bonds is 29. The number of aliphatic hydroxyl groups excluding tert-OH is 2. The Kier molecular flexibility index (Phi) is 65.3. The average Bonchev–Trinajstić information content (AvgIpc) is 0.854. The molecule has 148 heavy (non-hydrogen) atoms. The van der Waals surface area contributed by atoms with Crippen LogP contribution >= 0.6 is 56.7 Å². The topological polar surface area (TPSA) is 404 Å². The molecule has 0 bridgehead atoms. The minimum atomic E-state index is -1.04. The number of halogens is 4. The number of carboxylic acid groups (broad SMARTS) is 1. The fourth-order valence-corrected chi connectivity index (χ4v) is 13.7. The molecule has 0 atom stereocenters. The Morgan fingerprint density at radius 2 is 0.791 bits per heavy atom. The number of amides is 1. The minimum Gasteiger partial charge on any atom is -0.508 e. The molecular formula is C112H133Br2Cl2N5O27. The van der Waals surface area contributed by atoms with Gasteiger partial charge >= 0.3 is 18.3 Å². The van der Waals surface area contributed by atoms with Crippen LogP contribution in [0.1, 0.15) is 131 Å². The summed E-state index contributed by atoms with van der Waals surface area (Å²) in [5.74, 6) is 4.27. The van der Waals surface area contributed by atoms with E-state index in [0.29, 0.717) is 113 Å². The molecule has 0 aromatic heterocycles. The maximum Gasteiger partial charge on any atom is 0.513 e. The number of aromatic hydroxyl groups is 1. The Bertz CT molecular complexity index is 5670. The number of nitrogens with two attached hydrogens (primary N) is 1. The predicted octanol–water partition coefficient (Wildman–Crippen LogP) is 21.0. The summed E-state index contributed by atoms with van der Waals surface area (Å²) in [7, 11) is 11.5. The number of piperazine rings is 2. The molecule has 36 heteroatoms. The van der Waals surface area contributed by atoms with Gasteiger partial charge in [0.25, 0.3) is 5.91 Å². The van der Waals surface area contributed by atoms with Gasteiger partial charge in [0, 0.05) is 109 Å². The van der Waals surface area contributed by atoms with Crippen LogP contribution in [0.2, 0.25) is 0 Å². The summed E-state index contributed by atoms with van der Waals surface area (Å²) in [5, 5.41) is 37.0. The van der Waals surface area contributed by atoms with E-state index in [-0.39, 0.29) is 61.4 Å². The third kappa shape index (κ3) is 50.8. The summed E-state index contributed by atoms with van der Waals surface area (Å²) in [4.78, 5) is 93.5. The van der Waals surface area contributed by atoms with Crippen LogP contribution in [0.5, 0.6) is 69.0 Å². The predicted molar refractivity (Wildman–Crippen MR) is 581 cm³/mol. The number of anilines is 1. The molecule has 0 saturated carbocycles. The SMILES string of the molecule is Brc1cccc(C2OCCCO2)c1.CC(C)N1CCN(c2cccc(C=O)c2)CC1.CC(C)N1CCNCC1.COC(=O)Oc1ccc(OC)c(C=O)c1.COC(=O)Oc1ccc(OC)cc1.COc1ccc(O)cc1.COc1ccc(OCc2ccccc2)cc1C(=O)O.COc1ccc(OCc2ccccc2)cc1C(N)=O.COc1ccc(OCc2ccccc2)cc1C=O.Cl.Cl.O=Cc1cccc(Br)c1.OCCCO. The van der Waals surface area contributed by atoms with E-state index in [1.54, 1.807) is 123 Å². The van der Waals surface area contributed by atoms with Crippen LogP contribution < -0.4 is 68.1 Å². The Morgan fingerprint density at radius 1 is 0.412 bits per heavy atom. The molecule has 12 aromatic rings. The number of aliphatic hydroxyl groups is 2. The lowest BCUT2D eigenvalue weighted by Crippen LogP contribution is -2.48. The Balaban J connectivity index is 0.000000423. The molecule has 0 aliphatic carbocycles. The quantitative estimate of drug-likeness (QED) is 0.0144. The lowest BCUT2D eigenvalue weighted by atomic mass is 10.1. The summed E-state index contributed by atoms with van der Waals surface area (Å²) in [6, 6.07) is 86.3. The Labute approximate surface area is 894 Å². The molecule has 32 nitrogen and oxygen atoms in total.